The van der Waals surface area contributed by atoms with E-state index in [-0.39, 0.29) is 0 Å². The van der Waals surface area contributed by atoms with Crippen LogP contribution in [0.2, 0.25) is 0 Å². The second-order valence-corrected chi connectivity index (χ2v) is 5.34. The van der Waals surface area contributed by atoms with Crippen LogP contribution in [0.25, 0.3) is 0 Å². The van der Waals surface area contributed by atoms with Crippen LogP contribution in [-0.2, 0) is 6.18 Å². The Balaban J connectivity index is 2.88. The molecule has 0 N–H and O–H groups in total. The van der Waals surface area contributed by atoms with Gasteiger partial charge >= 0.3 is 6.18 Å². The topological polar surface area (TPSA) is 15.6 Å². The molecule has 112 valence electrons. The second-order valence-electron chi connectivity index (χ2n) is 5.34. The Hall–Kier alpha value is -1.52. The van der Waals surface area contributed by atoms with Gasteiger partial charge in [0, 0.05) is 12.8 Å². The number of rotatable bonds is 4. The van der Waals surface area contributed by atoms with Gasteiger partial charge in [-0.2, -0.15) is 18.3 Å². The maximum absolute atomic E-state index is 12.5. The zero-order valence-electron chi connectivity index (χ0n) is 12.5. The molecule has 1 aromatic rings. The first-order valence-corrected chi connectivity index (χ1v) is 6.59. The van der Waals surface area contributed by atoms with E-state index < -0.39 is 11.7 Å². The van der Waals surface area contributed by atoms with Crippen LogP contribution < -0.4 is 5.01 Å². The standard InChI is InChI=1S/C15H21F3N2/c1-10(2)11(3)12(4)19-20(5)14-8-6-13(7-9-14)15(16,17)18/h6-11H,1-5H3/b19-12-. The van der Waals surface area contributed by atoms with E-state index in [0.29, 0.717) is 17.5 Å². The van der Waals surface area contributed by atoms with E-state index in [9.17, 15) is 13.2 Å². The summed E-state index contributed by atoms with van der Waals surface area (Å²) in [5, 5.41) is 6.03. The summed E-state index contributed by atoms with van der Waals surface area (Å²) in [5.41, 5.74) is 0.946. The minimum absolute atomic E-state index is 0.326. The fourth-order valence-corrected chi connectivity index (χ4v) is 1.73. The van der Waals surface area contributed by atoms with Crippen LogP contribution in [0.3, 0.4) is 0 Å². The van der Waals surface area contributed by atoms with Crippen LogP contribution >= 0.6 is 0 Å². The van der Waals surface area contributed by atoms with Crippen LogP contribution in [0.5, 0.6) is 0 Å². The first kappa shape index (κ1) is 16.5. The predicted octanol–water partition coefficient (Wildman–Crippen LogP) is 4.81. The van der Waals surface area contributed by atoms with Crippen molar-refractivity contribution in [3.05, 3.63) is 29.8 Å². The van der Waals surface area contributed by atoms with Crippen LogP contribution in [0.1, 0.15) is 33.3 Å². The number of hydrogen-bond acceptors (Lipinski definition) is 2. The van der Waals surface area contributed by atoms with Gasteiger partial charge in [0.25, 0.3) is 0 Å². The molecule has 0 amide bonds. The summed E-state index contributed by atoms with van der Waals surface area (Å²) in [6, 6.07) is 5.00. The third-order valence-corrected chi connectivity index (χ3v) is 3.54. The Morgan fingerprint density at radius 1 is 1.10 bits per heavy atom. The second kappa shape index (κ2) is 6.29. The largest absolute Gasteiger partial charge is 0.416 e. The molecular weight excluding hydrogens is 265 g/mol. The molecule has 1 aromatic carbocycles. The molecule has 0 aromatic heterocycles. The van der Waals surface area contributed by atoms with E-state index in [1.807, 2.05) is 6.92 Å². The van der Waals surface area contributed by atoms with Crippen molar-refractivity contribution in [3.63, 3.8) is 0 Å². The van der Waals surface area contributed by atoms with Gasteiger partial charge in [-0.3, -0.25) is 5.01 Å². The number of hydrogen-bond donors (Lipinski definition) is 0. The summed E-state index contributed by atoms with van der Waals surface area (Å²) in [7, 11) is 1.74. The number of benzene rings is 1. The SMILES string of the molecule is C/C(=N/N(C)c1ccc(C(F)(F)F)cc1)C(C)C(C)C. The first-order chi connectivity index (χ1) is 9.12. The van der Waals surface area contributed by atoms with Gasteiger partial charge in [-0.05, 0) is 43.0 Å². The van der Waals surface area contributed by atoms with E-state index in [1.165, 1.54) is 12.1 Å². The average Bonchev–Trinajstić information content (AvgIpc) is 2.36. The molecule has 1 unspecified atom stereocenters. The van der Waals surface area contributed by atoms with Crippen molar-refractivity contribution in [3.8, 4) is 0 Å². The van der Waals surface area contributed by atoms with Gasteiger partial charge in [0.1, 0.15) is 0 Å². The lowest BCUT2D eigenvalue weighted by atomic mass is 9.94. The minimum atomic E-state index is -4.30. The highest BCUT2D eigenvalue weighted by Gasteiger charge is 2.30. The molecule has 0 radical (unpaired) electrons. The quantitative estimate of drug-likeness (QED) is 0.573. The third-order valence-electron chi connectivity index (χ3n) is 3.54. The van der Waals surface area contributed by atoms with Crippen LogP contribution in [0, 0.1) is 11.8 Å². The molecule has 0 fully saturated rings. The Kier molecular flexibility index (Phi) is 5.20. The van der Waals surface area contributed by atoms with Gasteiger partial charge in [-0.25, -0.2) is 0 Å². The van der Waals surface area contributed by atoms with Gasteiger partial charge in [0.05, 0.1) is 11.3 Å². The molecular formula is C15H21F3N2. The van der Waals surface area contributed by atoms with Crippen molar-refractivity contribution >= 4 is 11.4 Å². The molecule has 0 saturated heterocycles. The van der Waals surface area contributed by atoms with Crippen molar-refractivity contribution in [2.45, 2.75) is 33.9 Å². The summed E-state index contributed by atoms with van der Waals surface area (Å²) in [6.07, 6.45) is -4.30. The molecule has 0 aliphatic heterocycles. The van der Waals surface area contributed by atoms with E-state index in [4.69, 9.17) is 0 Å². The fourth-order valence-electron chi connectivity index (χ4n) is 1.73. The van der Waals surface area contributed by atoms with Crippen molar-refractivity contribution in [2.24, 2.45) is 16.9 Å². The molecule has 5 heteroatoms. The lowest BCUT2D eigenvalue weighted by Gasteiger charge is -2.20. The summed E-state index contributed by atoms with van der Waals surface area (Å²) in [4.78, 5) is 0. The van der Waals surface area contributed by atoms with Crippen molar-refractivity contribution in [2.75, 3.05) is 12.1 Å². The summed E-state index contributed by atoms with van der Waals surface area (Å²) >= 11 is 0. The molecule has 2 nitrogen and oxygen atoms in total. The zero-order chi connectivity index (χ0) is 15.5. The Bertz CT molecular complexity index is 461. The van der Waals surface area contributed by atoms with E-state index >= 15 is 0 Å². The van der Waals surface area contributed by atoms with Crippen molar-refractivity contribution in [1.82, 2.24) is 0 Å². The number of anilines is 1. The third kappa shape index (κ3) is 4.25. The van der Waals surface area contributed by atoms with E-state index in [1.54, 1.807) is 12.1 Å². The highest BCUT2D eigenvalue weighted by molar-refractivity contribution is 5.85. The molecule has 0 spiro atoms. The minimum Gasteiger partial charge on any atom is -0.269 e. The maximum atomic E-state index is 12.5. The Morgan fingerprint density at radius 3 is 2.00 bits per heavy atom. The number of hydrazone groups is 1. The molecule has 0 bridgehead atoms. The number of halogens is 3. The van der Waals surface area contributed by atoms with Crippen LogP contribution in [0.15, 0.2) is 29.4 Å². The van der Waals surface area contributed by atoms with Crippen molar-refractivity contribution < 1.29 is 13.2 Å². The van der Waals surface area contributed by atoms with Gasteiger partial charge in [0.2, 0.25) is 0 Å². The Morgan fingerprint density at radius 2 is 1.60 bits per heavy atom. The lowest BCUT2D eigenvalue weighted by molar-refractivity contribution is -0.137. The van der Waals surface area contributed by atoms with Gasteiger partial charge < -0.3 is 0 Å². The average molecular weight is 286 g/mol. The fraction of sp³-hybridized carbons (Fsp3) is 0.533. The lowest BCUT2D eigenvalue weighted by Crippen LogP contribution is -2.19. The van der Waals surface area contributed by atoms with E-state index in [2.05, 4.69) is 25.9 Å². The molecule has 1 rings (SSSR count). The number of alkyl halides is 3. The summed E-state index contributed by atoms with van der Waals surface area (Å²) in [6.45, 7) is 8.25. The van der Waals surface area contributed by atoms with Crippen LogP contribution in [0.4, 0.5) is 18.9 Å². The number of nitrogens with zero attached hydrogens (tertiary/aromatic N) is 2. The molecule has 0 aliphatic carbocycles. The van der Waals surface area contributed by atoms with Gasteiger partial charge in [-0.1, -0.05) is 20.8 Å². The van der Waals surface area contributed by atoms with Gasteiger partial charge in [-0.15, -0.1) is 0 Å². The molecule has 0 heterocycles. The predicted molar refractivity (Wildman–Crippen MR) is 77.0 cm³/mol. The maximum Gasteiger partial charge on any atom is 0.416 e. The zero-order valence-corrected chi connectivity index (χ0v) is 12.5. The molecule has 0 saturated carbocycles. The van der Waals surface area contributed by atoms with E-state index in [0.717, 1.165) is 17.8 Å². The normalized spacial score (nSPS) is 14.6. The molecule has 1 atom stereocenters. The highest BCUT2D eigenvalue weighted by Crippen LogP contribution is 2.30. The molecule has 20 heavy (non-hydrogen) atoms. The highest BCUT2D eigenvalue weighted by atomic mass is 19.4. The monoisotopic (exact) mass is 286 g/mol. The first-order valence-electron chi connectivity index (χ1n) is 6.59. The summed E-state index contributed by atoms with van der Waals surface area (Å²) < 4.78 is 37.5. The smallest absolute Gasteiger partial charge is 0.269 e. The van der Waals surface area contributed by atoms with Crippen molar-refractivity contribution in [1.29, 1.82) is 0 Å². The van der Waals surface area contributed by atoms with Gasteiger partial charge in [0.15, 0.2) is 0 Å². The van der Waals surface area contributed by atoms with Crippen LogP contribution in [-0.4, -0.2) is 12.8 Å². The Labute approximate surface area is 118 Å². The summed E-state index contributed by atoms with van der Waals surface area (Å²) in [5.74, 6) is 0.798. The molecule has 0 aliphatic rings.